The second-order valence-electron chi connectivity index (χ2n) is 2.58. The van der Waals surface area contributed by atoms with Crippen LogP contribution in [-0.4, -0.2) is 8.42 Å². The van der Waals surface area contributed by atoms with Gasteiger partial charge < -0.3 is 0 Å². The fourth-order valence-corrected chi connectivity index (χ4v) is 1.85. The van der Waals surface area contributed by atoms with Crippen molar-refractivity contribution in [3.63, 3.8) is 0 Å². The Balaban J connectivity index is 3.41. The first-order valence-electron chi connectivity index (χ1n) is 3.58. The molecule has 5 heteroatoms. The van der Waals surface area contributed by atoms with E-state index >= 15 is 0 Å². The van der Waals surface area contributed by atoms with Crippen LogP contribution >= 0.6 is 15.9 Å². The van der Waals surface area contributed by atoms with Crippen LogP contribution in [0.2, 0.25) is 0 Å². The summed E-state index contributed by atoms with van der Waals surface area (Å²) in [4.78, 5) is -0.401. The van der Waals surface area contributed by atoms with Crippen LogP contribution in [0, 0.1) is 12.3 Å². The first-order chi connectivity index (χ1) is 6.47. The summed E-state index contributed by atoms with van der Waals surface area (Å²) in [7, 11) is -4.68. The first-order valence-corrected chi connectivity index (χ1v) is 6.09. The molecule has 0 heterocycles. The standard InChI is InChI=1S/C9H6BrFO2S/c1-2-7-3-8(6-10)5-9(4-7)14(11,12)13/h1,3-5H,6H2. The molecule has 1 aromatic carbocycles. The molecule has 0 spiro atoms. The van der Waals surface area contributed by atoms with Gasteiger partial charge >= 0.3 is 10.2 Å². The average molecular weight is 277 g/mol. The molecule has 0 aliphatic rings. The molecular weight excluding hydrogens is 271 g/mol. The number of hydrogen-bond acceptors (Lipinski definition) is 2. The second-order valence-corrected chi connectivity index (χ2v) is 4.49. The van der Waals surface area contributed by atoms with Gasteiger partial charge in [0.25, 0.3) is 0 Å². The molecule has 0 amide bonds. The molecule has 0 aliphatic heterocycles. The number of rotatable bonds is 2. The zero-order valence-corrected chi connectivity index (χ0v) is 9.40. The van der Waals surface area contributed by atoms with Crippen LogP contribution in [0.3, 0.4) is 0 Å². The summed E-state index contributed by atoms with van der Waals surface area (Å²) < 4.78 is 33.9. The molecule has 0 saturated heterocycles. The number of halogens is 2. The lowest BCUT2D eigenvalue weighted by Gasteiger charge is -2.00. The Labute approximate surface area is 90.5 Å². The highest BCUT2D eigenvalue weighted by molar-refractivity contribution is 9.08. The smallest absolute Gasteiger partial charge is 0.189 e. The van der Waals surface area contributed by atoms with E-state index in [0.717, 1.165) is 6.07 Å². The molecule has 0 atom stereocenters. The topological polar surface area (TPSA) is 34.1 Å². The molecule has 0 fully saturated rings. The predicted octanol–water partition coefficient (Wildman–Crippen LogP) is 2.22. The molecule has 14 heavy (non-hydrogen) atoms. The molecule has 0 bridgehead atoms. The fraction of sp³-hybridized carbons (Fsp3) is 0.111. The van der Waals surface area contributed by atoms with E-state index in [1.807, 2.05) is 0 Å². The molecule has 0 unspecified atom stereocenters. The largest absolute Gasteiger partial charge is 0.332 e. The van der Waals surface area contributed by atoms with Gasteiger partial charge in [0.05, 0.1) is 0 Å². The van der Waals surface area contributed by atoms with Gasteiger partial charge in [-0.25, -0.2) is 0 Å². The predicted molar refractivity (Wildman–Crippen MR) is 55.3 cm³/mol. The van der Waals surface area contributed by atoms with E-state index in [0.29, 0.717) is 16.5 Å². The molecule has 0 radical (unpaired) electrons. The minimum atomic E-state index is -4.68. The van der Waals surface area contributed by atoms with E-state index in [2.05, 4.69) is 21.9 Å². The maximum atomic E-state index is 12.6. The molecular formula is C9H6BrFO2S. The van der Waals surface area contributed by atoms with Gasteiger partial charge in [-0.2, -0.15) is 8.42 Å². The van der Waals surface area contributed by atoms with E-state index in [1.54, 1.807) is 6.07 Å². The molecule has 1 rings (SSSR count). The van der Waals surface area contributed by atoms with E-state index in [-0.39, 0.29) is 0 Å². The van der Waals surface area contributed by atoms with Crippen molar-refractivity contribution >= 4 is 26.2 Å². The highest BCUT2D eigenvalue weighted by atomic mass is 79.9. The quantitative estimate of drug-likeness (QED) is 0.472. The van der Waals surface area contributed by atoms with Gasteiger partial charge in [-0.15, -0.1) is 10.3 Å². The average Bonchev–Trinajstić information content (AvgIpc) is 2.15. The van der Waals surface area contributed by atoms with Crippen LogP contribution in [0.15, 0.2) is 23.1 Å². The Morgan fingerprint density at radius 2 is 2.07 bits per heavy atom. The van der Waals surface area contributed by atoms with Crippen LogP contribution in [0.25, 0.3) is 0 Å². The van der Waals surface area contributed by atoms with Gasteiger partial charge in [-0.3, -0.25) is 0 Å². The lowest BCUT2D eigenvalue weighted by molar-refractivity contribution is 0.552. The first kappa shape index (κ1) is 11.2. The van der Waals surface area contributed by atoms with Crippen molar-refractivity contribution in [2.24, 2.45) is 0 Å². The molecule has 0 aliphatic carbocycles. The minimum Gasteiger partial charge on any atom is -0.189 e. The highest BCUT2D eigenvalue weighted by Crippen LogP contribution is 2.18. The fourth-order valence-electron chi connectivity index (χ4n) is 0.962. The molecule has 0 aromatic heterocycles. The lowest BCUT2D eigenvalue weighted by atomic mass is 10.1. The second kappa shape index (κ2) is 4.11. The van der Waals surface area contributed by atoms with Crippen molar-refractivity contribution < 1.29 is 12.3 Å². The Kier molecular flexibility index (Phi) is 3.29. The summed E-state index contributed by atoms with van der Waals surface area (Å²) in [6.45, 7) is 0. The summed E-state index contributed by atoms with van der Waals surface area (Å²) in [5, 5.41) is 0.422. The summed E-state index contributed by atoms with van der Waals surface area (Å²) in [5.41, 5.74) is 0.967. The van der Waals surface area contributed by atoms with E-state index < -0.39 is 15.1 Å². The van der Waals surface area contributed by atoms with E-state index in [1.165, 1.54) is 6.07 Å². The van der Waals surface area contributed by atoms with Gasteiger partial charge in [-0.05, 0) is 23.8 Å². The van der Waals surface area contributed by atoms with Gasteiger partial charge in [-0.1, -0.05) is 21.9 Å². The van der Waals surface area contributed by atoms with Gasteiger partial charge in [0.15, 0.2) is 0 Å². The highest BCUT2D eigenvalue weighted by Gasteiger charge is 2.13. The third-order valence-electron chi connectivity index (χ3n) is 1.57. The van der Waals surface area contributed by atoms with E-state index in [9.17, 15) is 12.3 Å². The Morgan fingerprint density at radius 1 is 1.43 bits per heavy atom. The van der Waals surface area contributed by atoms with Gasteiger partial charge in [0.1, 0.15) is 4.90 Å². The van der Waals surface area contributed by atoms with Crippen molar-refractivity contribution in [3.05, 3.63) is 29.3 Å². The number of hydrogen-bond donors (Lipinski definition) is 0. The molecule has 2 nitrogen and oxygen atoms in total. The van der Waals surface area contributed by atoms with Crippen LogP contribution in [-0.2, 0) is 15.6 Å². The maximum absolute atomic E-state index is 12.6. The summed E-state index contributed by atoms with van der Waals surface area (Å²) in [6, 6.07) is 3.98. The van der Waals surface area contributed by atoms with E-state index in [4.69, 9.17) is 6.42 Å². The summed E-state index contributed by atoms with van der Waals surface area (Å²) >= 11 is 3.14. The maximum Gasteiger partial charge on any atom is 0.332 e. The SMILES string of the molecule is C#Cc1cc(CBr)cc(S(=O)(=O)F)c1. The van der Waals surface area contributed by atoms with Crippen LogP contribution < -0.4 is 0 Å². The zero-order chi connectivity index (χ0) is 10.8. The summed E-state index contributed by atoms with van der Waals surface area (Å²) in [5.74, 6) is 2.26. The summed E-state index contributed by atoms with van der Waals surface area (Å²) in [6.07, 6.45) is 5.10. The lowest BCUT2D eigenvalue weighted by Crippen LogP contribution is -1.94. The van der Waals surface area contributed by atoms with Crippen molar-refractivity contribution in [3.8, 4) is 12.3 Å². The van der Waals surface area contributed by atoms with Crippen LogP contribution in [0.5, 0.6) is 0 Å². The van der Waals surface area contributed by atoms with Crippen LogP contribution in [0.4, 0.5) is 3.89 Å². The Morgan fingerprint density at radius 3 is 2.50 bits per heavy atom. The number of alkyl halides is 1. The normalized spacial score (nSPS) is 10.9. The third kappa shape index (κ3) is 2.56. The molecule has 1 aromatic rings. The van der Waals surface area contributed by atoms with Crippen molar-refractivity contribution in [2.45, 2.75) is 10.2 Å². The molecule has 0 saturated carbocycles. The molecule has 74 valence electrons. The Hall–Kier alpha value is -0.860. The number of terminal acetylenes is 1. The van der Waals surface area contributed by atoms with Crippen LogP contribution in [0.1, 0.15) is 11.1 Å². The monoisotopic (exact) mass is 276 g/mol. The van der Waals surface area contributed by atoms with Gasteiger partial charge in [0, 0.05) is 10.9 Å². The van der Waals surface area contributed by atoms with Gasteiger partial charge in [0.2, 0.25) is 0 Å². The van der Waals surface area contributed by atoms with Crippen molar-refractivity contribution in [1.29, 1.82) is 0 Å². The minimum absolute atomic E-state index is 0.346. The zero-order valence-electron chi connectivity index (χ0n) is 7.00. The number of benzene rings is 1. The molecule has 0 N–H and O–H groups in total. The third-order valence-corrected chi connectivity index (χ3v) is 3.02. The van der Waals surface area contributed by atoms with Crippen molar-refractivity contribution in [2.75, 3.05) is 0 Å². The van der Waals surface area contributed by atoms with Crippen molar-refractivity contribution in [1.82, 2.24) is 0 Å². The Bertz CT molecular complexity index is 488.